The van der Waals surface area contributed by atoms with Gasteiger partial charge in [-0.1, -0.05) is 189 Å². The summed E-state index contributed by atoms with van der Waals surface area (Å²) in [5.41, 5.74) is 13.2. The Morgan fingerprint density at radius 3 is 1.11 bits per heavy atom. The van der Waals surface area contributed by atoms with Crippen molar-refractivity contribution in [2.24, 2.45) is 0 Å². The molecular formula is C82H88N2O6S2. The van der Waals surface area contributed by atoms with Gasteiger partial charge in [-0.2, -0.15) is 5.26 Å². The predicted octanol–water partition coefficient (Wildman–Crippen LogP) is 22.5. The van der Waals surface area contributed by atoms with E-state index in [-0.39, 0.29) is 5.57 Å². The van der Waals surface area contributed by atoms with E-state index in [0.717, 1.165) is 171 Å². The Morgan fingerprint density at radius 1 is 0.446 bits per heavy atom. The van der Waals surface area contributed by atoms with E-state index in [1.165, 1.54) is 64.7 Å². The van der Waals surface area contributed by atoms with Gasteiger partial charge < -0.3 is 29.0 Å². The van der Waals surface area contributed by atoms with Crippen molar-refractivity contribution in [3.05, 3.63) is 236 Å². The van der Waals surface area contributed by atoms with E-state index in [1.54, 1.807) is 0 Å². The van der Waals surface area contributed by atoms with Gasteiger partial charge in [-0.25, -0.2) is 4.79 Å². The molecule has 474 valence electrons. The van der Waals surface area contributed by atoms with Crippen molar-refractivity contribution in [3.63, 3.8) is 0 Å². The summed E-state index contributed by atoms with van der Waals surface area (Å²) in [5, 5.41) is 21.7. The van der Waals surface area contributed by atoms with Gasteiger partial charge >= 0.3 is 5.97 Å². The van der Waals surface area contributed by atoms with Crippen LogP contribution in [0.3, 0.4) is 0 Å². The van der Waals surface area contributed by atoms with Gasteiger partial charge in [0.05, 0.1) is 37.3 Å². The Hall–Kier alpha value is -8.36. The maximum atomic E-state index is 12.7. The van der Waals surface area contributed by atoms with Crippen LogP contribution in [0.15, 0.2) is 175 Å². The quantitative estimate of drug-likeness (QED) is 0.0247. The van der Waals surface area contributed by atoms with Gasteiger partial charge in [-0.15, -0.1) is 22.7 Å². The second-order valence-electron chi connectivity index (χ2n) is 24.9. The fourth-order valence-corrected chi connectivity index (χ4v) is 16.0. The van der Waals surface area contributed by atoms with E-state index in [0.29, 0.717) is 31.3 Å². The van der Waals surface area contributed by atoms with Crippen LogP contribution in [-0.4, -0.2) is 37.5 Å². The van der Waals surface area contributed by atoms with Crippen molar-refractivity contribution >= 4 is 51.1 Å². The molecule has 0 spiro atoms. The molecular weight excluding hydrogens is 1170 g/mol. The lowest BCUT2D eigenvalue weighted by atomic mass is 9.66. The first kappa shape index (κ1) is 65.1. The summed E-state index contributed by atoms with van der Waals surface area (Å²) in [6.45, 7) is 15.8. The van der Waals surface area contributed by atoms with Crippen molar-refractivity contribution < 1.29 is 28.8 Å². The highest BCUT2D eigenvalue weighted by molar-refractivity contribution is 7.20. The maximum absolute atomic E-state index is 12.7. The number of carboxylic acids is 1. The van der Waals surface area contributed by atoms with Crippen LogP contribution in [0.25, 0.3) is 27.0 Å². The number of aryl methyl sites for hydroxylation is 2. The number of nitriles is 1. The monoisotopic (exact) mass is 1260 g/mol. The summed E-state index contributed by atoms with van der Waals surface area (Å²) in [6.07, 6.45) is 19.3. The lowest BCUT2D eigenvalue weighted by Crippen LogP contribution is -2.30. The molecule has 92 heavy (non-hydrogen) atoms. The Bertz CT molecular complexity index is 3820. The fraction of sp³-hybridized carbons (Fsp3) is 0.341. The number of unbranched alkanes of at least 4 members (excludes halogenated alkanes) is 12. The van der Waals surface area contributed by atoms with Crippen LogP contribution < -0.4 is 23.8 Å². The summed E-state index contributed by atoms with van der Waals surface area (Å²) < 4.78 is 26.0. The van der Waals surface area contributed by atoms with E-state index in [4.69, 9.17) is 18.9 Å². The van der Waals surface area contributed by atoms with Gasteiger partial charge in [0, 0.05) is 26.0 Å². The van der Waals surface area contributed by atoms with Gasteiger partial charge in [0.2, 0.25) is 0 Å². The van der Waals surface area contributed by atoms with Crippen molar-refractivity contribution in [2.45, 2.75) is 155 Å². The molecule has 2 aliphatic carbocycles. The summed E-state index contributed by atoms with van der Waals surface area (Å²) >= 11 is 3.36. The molecule has 2 heterocycles. The molecule has 2 aliphatic rings. The molecule has 2 aromatic heterocycles. The molecule has 9 aromatic rings. The Labute approximate surface area is 554 Å². The average Bonchev–Trinajstić information content (AvgIpc) is 1.50. The van der Waals surface area contributed by atoms with Crippen molar-refractivity contribution in [3.8, 4) is 49.9 Å². The highest BCUT2D eigenvalue weighted by Gasteiger charge is 2.53. The minimum Gasteiger partial charge on any atom is -0.494 e. The molecule has 0 aliphatic heterocycles. The van der Waals surface area contributed by atoms with Crippen LogP contribution in [0.4, 0.5) is 16.4 Å². The smallest absolute Gasteiger partial charge is 0.346 e. The third kappa shape index (κ3) is 13.6. The number of benzene rings is 7. The average molecular weight is 1260 g/mol. The first-order valence-electron chi connectivity index (χ1n) is 33.8. The van der Waals surface area contributed by atoms with Crippen molar-refractivity contribution in [2.75, 3.05) is 31.3 Å². The number of thiophene rings is 2. The first-order chi connectivity index (χ1) is 45.0. The minimum absolute atomic E-state index is 0.322. The zero-order valence-corrected chi connectivity index (χ0v) is 56.2. The van der Waals surface area contributed by atoms with Crippen LogP contribution in [-0.2, 0) is 15.6 Å². The topological polar surface area (TPSA) is 101 Å². The van der Waals surface area contributed by atoms with Crippen LogP contribution in [0.5, 0.6) is 23.0 Å². The van der Waals surface area contributed by atoms with Gasteiger partial charge in [-0.05, 0) is 198 Å². The van der Waals surface area contributed by atoms with E-state index < -0.39 is 16.8 Å². The molecule has 10 heteroatoms. The number of hydrogen-bond donors (Lipinski definition) is 1. The zero-order valence-electron chi connectivity index (χ0n) is 54.6. The number of nitrogens with zero attached hydrogens (tertiary/aromatic N) is 2. The van der Waals surface area contributed by atoms with Gasteiger partial charge in [-0.3, -0.25) is 0 Å². The zero-order chi connectivity index (χ0) is 64.0. The number of rotatable bonds is 33. The summed E-state index contributed by atoms with van der Waals surface area (Å²) in [4.78, 5) is 18.0. The third-order valence-corrected chi connectivity index (χ3v) is 20.7. The molecule has 0 fully saturated rings. The minimum atomic E-state index is -1.26. The molecule has 1 N–H and O–H groups in total. The number of ether oxygens (including phenoxy) is 4. The molecule has 7 aromatic carbocycles. The number of carbonyl (C=O) groups is 1. The Morgan fingerprint density at radius 2 is 0.783 bits per heavy atom. The van der Waals surface area contributed by atoms with Crippen LogP contribution in [0.1, 0.15) is 191 Å². The van der Waals surface area contributed by atoms with Gasteiger partial charge in [0.25, 0.3) is 0 Å². The van der Waals surface area contributed by atoms with E-state index >= 15 is 0 Å². The standard InChI is InChI=1S/C82H88N2O6S2/c1-7-11-15-19-47-87-66-39-27-60(28-40-66)81(61-29-41-67(42-30-61)88-48-20-16-12-8-2)73-54-72-74(53-71(73)78-75(81)52-70(91-78)51-59(56-83)80(85)86)82(62-31-43-68(44-32-62)89-49-21-17-13-9-3,63-33-45-69(46-34-63)90-50-22-18-14-10-4)76-55-77(92-79(72)76)84(64-35-23-57(5)24-36-64)65-37-25-58(6)26-38-65/h23-46,51-55H,7-22,47-50H2,1-6H3,(H,85,86)/b59-51+. The number of anilines is 3. The normalized spacial score (nSPS) is 13.2. The Kier molecular flexibility index (Phi) is 21.5. The molecule has 0 bridgehead atoms. The number of fused-ring (bicyclic) bond motifs is 6. The highest BCUT2D eigenvalue weighted by Crippen LogP contribution is 2.66. The number of aliphatic carboxylic acids is 1. The molecule has 0 unspecified atom stereocenters. The van der Waals surface area contributed by atoms with Gasteiger partial charge in [0.1, 0.15) is 39.6 Å². The number of carboxylic acid groups (broad SMARTS) is 1. The predicted molar refractivity (Wildman–Crippen MR) is 381 cm³/mol. The van der Waals surface area contributed by atoms with Crippen LogP contribution >= 0.6 is 22.7 Å². The number of hydrogen-bond acceptors (Lipinski definition) is 9. The van der Waals surface area contributed by atoms with Crippen molar-refractivity contribution in [1.29, 1.82) is 5.26 Å². The third-order valence-electron chi connectivity index (χ3n) is 18.4. The first-order valence-corrected chi connectivity index (χ1v) is 35.4. The van der Waals surface area contributed by atoms with Crippen LogP contribution in [0, 0.1) is 25.2 Å². The van der Waals surface area contributed by atoms with E-state index in [2.05, 4.69) is 216 Å². The fourth-order valence-electron chi connectivity index (χ4n) is 13.5. The van der Waals surface area contributed by atoms with Crippen molar-refractivity contribution in [1.82, 2.24) is 0 Å². The highest BCUT2D eigenvalue weighted by atomic mass is 32.1. The summed E-state index contributed by atoms with van der Waals surface area (Å²) in [5.74, 6) is 2.02. The summed E-state index contributed by atoms with van der Waals surface area (Å²) in [7, 11) is 0. The van der Waals surface area contributed by atoms with E-state index in [9.17, 15) is 15.2 Å². The molecule has 0 amide bonds. The lowest BCUT2D eigenvalue weighted by molar-refractivity contribution is -0.132. The maximum Gasteiger partial charge on any atom is 0.346 e. The largest absolute Gasteiger partial charge is 0.494 e. The second kappa shape index (κ2) is 30.4. The molecule has 0 radical (unpaired) electrons. The summed E-state index contributed by atoms with van der Waals surface area (Å²) in [6, 6.07) is 64.3. The second-order valence-corrected chi connectivity index (χ2v) is 27.0. The Balaban J connectivity index is 1.19. The SMILES string of the molecule is CCCCCCOc1ccc(C2(c3ccc(OCCCCCC)cc3)c3cc4c(cc3-c3sc(/C=C(\C#N)C(=O)O)cc32)C(c2ccc(OCCCCCC)cc2)(c2ccc(OCCCCCC)cc2)c2cc(N(c3ccc(C)cc3)c3ccc(C)cc3)sc2-4)cc1. The molecule has 0 saturated carbocycles. The molecule has 8 nitrogen and oxygen atoms in total. The molecule has 0 saturated heterocycles. The van der Waals surface area contributed by atoms with E-state index in [1.807, 2.05) is 17.4 Å². The lowest BCUT2D eigenvalue weighted by Gasteiger charge is -2.36. The molecule has 0 atom stereocenters. The molecule has 11 rings (SSSR count). The van der Waals surface area contributed by atoms with Crippen LogP contribution in [0.2, 0.25) is 0 Å². The van der Waals surface area contributed by atoms with Gasteiger partial charge in [0.15, 0.2) is 0 Å².